The number of sulfonamides is 1. The molecule has 7 nitrogen and oxygen atoms in total. The Balaban J connectivity index is 1.78. The Morgan fingerprint density at radius 3 is 2.72 bits per heavy atom. The lowest BCUT2D eigenvalue weighted by molar-refractivity contribution is 0.102. The molecular weight excluding hydrogens is 360 g/mol. The van der Waals surface area contributed by atoms with Gasteiger partial charge < -0.3 is 11.1 Å². The van der Waals surface area contributed by atoms with E-state index in [0.717, 1.165) is 19.3 Å². The van der Waals surface area contributed by atoms with Crippen LogP contribution in [-0.2, 0) is 16.6 Å². The molecule has 0 saturated carbocycles. The van der Waals surface area contributed by atoms with E-state index >= 15 is 0 Å². The molecule has 1 aliphatic heterocycles. The normalized spacial score (nSPS) is 15.9. The third-order valence-corrected chi connectivity index (χ3v) is 6.77. The molecule has 0 radical (unpaired) electrons. The molecule has 1 amide bonds. The molecule has 1 saturated heterocycles. The molecule has 3 N–H and O–H groups in total. The minimum absolute atomic E-state index is 0.188. The summed E-state index contributed by atoms with van der Waals surface area (Å²) in [6, 6.07) is 6.31. The van der Waals surface area contributed by atoms with E-state index in [-0.39, 0.29) is 23.0 Å². The molecule has 1 aromatic carbocycles. The van der Waals surface area contributed by atoms with Gasteiger partial charge in [0, 0.05) is 30.7 Å². The molecular formula is C16H20N4O3S2. The van der Waals surface area contributed by atoms with Gasteiger partial charge in [-0.3, -0.25) is 4.79 Å². The Kier molecular flexibility index (Phi) is 5.48. The summed E-state index contributed by atoms with van der Waals surface area (Å²) in [5.74, 6) is -0.386. The van der Waals surface area contributed by atoms with E-state index in [2.05, 4.69) is 10.3 Å². The van der Waals surface area contributed by atoms with E-state index in [1.807, 2.05) is 0 Å². The van der Waals surface area contributed by atoms with E-state index in [1.54, 1.807) is 23.6 Å². The molecule has 2 heterocycles. The Hall–Kier alpha value is -1.81. The average Bonchev–Trinajstić information content (AvgIpc) is 3.12. The fourth-order valence-electron chi connectivity index (χ4n) is 2.69. The molecule has 0 spiro atoms. The van der Waals surface area contributed by atoms with Crippen molar-refractivity contribution in [3.05, 3.63) is 40.3 Å². The zero-order chi connectivity index (χ0) is 17.9. The smallest absolute Gasteiger partial charge is 0.275 e. The second-order valence-corrected chi connectivity index (χ2v) is 8.66. The van der Waals surface area contributed by atoms with Gasteiger partial charge in [0.15, 0.2) is 0 Å². The quantitative estimate of drug-likeness (QED) is 0.826. The molecule has 1 aliphatic rings. The van der Waals surface area contributed by atoms with Crippen LogP contribution in [0.1, 0.15) is 34.8 Å². The van der Waals surface area contributed by atoms with Crippen LogP contribution in [0.3, 0.4) is 0 Å². The van der Waals surface area contributed by atoms with Gasteiger partial charge in [-0.05, 0) is 31.0 Å². The topological polar surface area (TPSA) is 105 Å². The van der Waals surface area contributed by atoms with Crippen LogP contribution in [0.2, 0.25) is 0 Å². The van der Waals surface area contributed by atoms with Crippen LogP contribution in [0, 0.1) is 0 Å². The van der Waals surface area contributed by atoms with Crippen molar-refractivity contribution in [2.75, 3.05) is 18.4 Å². The van der Waals surface area contributed by atoms with Crippen molar-refractivity contribution >= 4 is 33.0 Å². The molecule has 1 fully saturated rings. The molecule has 0 aliphatic carbocycles. The molecule has 0 atom stereocenters. The van der Waals surface area contributed by atoms with Crippen molar-refractivity contribution in [3.8, 4) is 0 Å². The lowest BCUT2D eigenvalue weighted by Gasteiger charge is -2.26. The maximum atomic E-state index is 12.7. The number of carbonyl (C=O) groups excluding carboxylic acids is 1. The minimum Gasteiger partial charge on any atom is -0.325 e. The monoisotopic (exact) mass is 380 g/mol. The van der Waals surface area contributed by atoms with Gasteiger partial charge in [-0.15, -0.1) is 11.3 Å². The number of hydrogen-bond acceptors (Lipinski definition) is 6. The van der Waals surface area contributed by atoms with E-state index in [0.29, 0.717) is 23.8 Å². The number of thiazole rings is 1. The molecule has 3 rings (SSSR count). The van der Waals surface area contributed by atoms with Crippen LogP contribution in [0.5, 0.6) is 0 Å². The standard InChI is InChI=1S/C16H20N4O3S2/c17-10-15-19-14(11-24-15)16(21)18-12-5-4-6-13(9-12)25(22,23)20-7-2-1-3-8-20/h4-6,9,11H,1-3,7-8,10,17H2,(H,18,21). The van der Waals surface area contributed by atoms with E-state index in [4.69, 9.17) is 5.73 Å². The third kappa shape index (κ3) is 4.06. The fraction of sp³-hybridized carbons (Fsp3) is 0.375. The van der Waals surface area contributed by atoms with E-state index in [1.165, 1.54) is 21.7 Å². The number of hydrogen-bond donors (Lipinski definition) is 2. The summed E-state index contributed by atoms with van der Waals surface area (Å²) in [5, 5.41) is 5.00. The first kappa shape index (κ1) is 18.0. The molecule has 134 valence electrons. The van der Waals surface area contributed by atoms with Gasteiger partial charge in [0.2, 0.25) is 10.0 Å². The number of nitrogens with two attached hydrogens (primary N) is 1. The van der Waals surface area contributed by atoms with Gasteiger partial charge >= 0.3 is 0 Å². The third-order valence-electron chi connectivity index (χ3n) is 4.00. The van der Waals surface area contributed by atoms with Crippen LogP contribution >= 0.6 is 11.3 Å². The van der Waals surface area contributed by atoms with E-state index < -0.39 is 10.0 Å². The molecule has 1 aromatic heterocycles. The number of aromatic nitrogens is 1. The summed E-state index contributed by atoms with van der Waals surface area (Å²) in [6.45, 7) is 1.36. The summed E-state index contributed by atoms with van der Waals surface area (Å²) in [4.78, 5) is 16.6. The van der Waals surface area contributed by atoms with Crippen LogP contribution in [-0.4, -0.2) is 36.7 Å². The number of rotatable bonds is 5. The highest BCUT2D eigenvalue weighted by Gasteiger charge is 2.26. The number of amides is 1. The van der Waals surface area contributed by atoms with Crippen LogP contribution in [0.25, 0.3) is 0 Å². The summed E-state index contributed by atoms with van der Waals surface area (Å²) in [7, 11) is -3.53. The first-order valence-electron chi connectivity index (χ1n) is 8.07. The second-order valence-electron chi connectivity index (χ2n) is 5.78. The maximum Gasteiger partial charge on any atom is 0.275 e. The van der Waals surface area contributed by atoms with Crippen molar-refractivity contribution in [1.82, 2.24) is 9.29 Å². The lowest BCUT2D eigenvalue weighted by atomic mass is 10.2. The largest absolute Gasteiger partial charge is 0.325 e. The molecule has 2 aromatic rings. The van der Waals surface area contributed by atoms with Crippen molar-refractivity contribution in [1.29, 1.82) is 0 Å². The first-order chi connectivity index (χ1) is 12.0. The van der Waals surface area contributed by atoms with Gasteiger partial charge in [0.05, 0.1) is 4.90 Å². The van der Waals surface area contributed by atoms with Gasteiger partial charge in [0.1, 0.15) is 10.7 Å². The molecule has 0 bridgehead atoms. The number of carbonyl (C=O) groups is 1. The average molecular weight is 380 g/mol. The van der Waals surface area contributed by atoms with Crippen LogP contribution < -0.4 is 11.1 Å². The highest BCUT2D eigenvalue weighted by atomic mass is 32.2. The predicted octanol–water partition coefficient (Wildman–Crippen LogP) is 2.03. The molecule has 9 heteroatoms. The second kappa shape index (κ2) is 7.61. The molecule has 25 heavy (non-hydrogen) atoms. The van der Waals surface area contributed by atoms with Crippen LogP contribution in [0.15, 0.2) is 34.5 Å². The Morgan fingerprint density at radius 2 is 2.04 bits per heavy atom. The predicted molar refractivity (Wildman–Crippen MR) is 97.0 cm³/mol. The van der Waals surface area contributed by atoms with Gasteiger partial charge in [-0.25, -0.2) is 13.4 Å². The molecule has 0 unspecified atom stereocenters. The number of nitrogens with zero attached hydrogens (tertiary/aromatic N) is 2. The maximum absolute atomic E-state index is 12.7. The van der Waals surface area contributed by atoms with Crippen LogP contribution in [0.4, 0.5) is 5.69 Å². The summed E-state index contributed by atoms with van der Waals surface area (Å²) < 4.78 is 27.0. The highest BCUT2D eigenvalue weighted by Crippen LogP contribution is 2.23. The number of piperidine rings is 1. The Labute approximate surface area is 150 Å². The van der Waals surface area contributed by atoms with Gasteiger partial charge in [-0.2, -0.15) is 4.31 Å². The highest BCUT2D eigenvalue weighted by molar-refractivity contribution is 7.89. The fourth-order valence-corrected chi connectivity index (χ4v) is 4.91. The van der Waals surface area contributed by atoms with Gasteiger partial charge in [0.25, 0.3) is 5.91 Å². The summed E-state index contributed by atoms with van der Waals surface area (Å²) in [6.07, 6.45) is 2.81. The zero-order valence-corrected chi connectivity index (χ0v) is 15.3. The minimum atomic E-state index is -3.53. The van der Waals surface area contributed by atoms with Crippen molar-refractivity contribution in [3.63, 3.8) is 0 Å². The lowest BCUT2D eigenvalue weighted by Crippen LogP contribution is -2.35. The van der Waals surface area contributed by atoms with Gasteiger partial charge in [-0.1, -0.05) is 12.5 Å². The number of anilines is 1. The first-order valence-corrected chi connectivity index (χ1v) is 10.4. The van der Waals surface area contributed by atoms with Crippen molar-refractivity contribution < 1.29 is 13.2 Å². The number of benzene rings is 1. The van der Waals surface area contributed by atoms with Crippen molar-refractivity contribution in [2.45, 2.75) is 30.7 Å². The van der Waals surface area contributed by atoms with Crippen molar-refractivity contribution in [2.24, 2.45) is 5.73 Å². The Bertz CT molecular complexity index is 858. The zero-order valence-electron chi connectivity index (χ0n) is 13.6. The summed E-state index contributed by atoms with van der Waals surface area (Å²) in [5.41, 5.74) is 6.19. The number of nitrogens with one attached hydrogen (secondary N) is 1. The van der Waals surface area contributed by atoms with E-state index in [9.17, 15) is 13.2 Å². The summed E-state index contributed by atoms with van der Waals surface area (Å²) >= 11 is 1.32. The Morgan fingerprint density at radius 1 is 1.28 bits per heavy atom. The SMILES string of the molecule is NCc1nc(C(=O)Nc2cccc(S(=O)(=O)N3CCCCC3)c2)cs1.